The summed E-state index contributed by atoms with van der Waals surface area (Å²) in [5.74, 6) is 0.388. The number of ether oxygens (including phenoxy) is 1. The lowest BCUT2D eigenvalue weighted by atomic mass is 10.1. The number of hydrogen-bond donors (Lipinski definition) is 2. The van der Waals surface area contributed by atoms with Crippen molar-refractivity contribution in [3.05, 3.63) is 45.4 Å². The van der Waals surface area contributed by atoms with Crippen LogP contribution in [-0.4, -0.2) is 18.1 Å². The van der Waals surface area contributed by atoms with Crippen LogP contribution in [0.25, 0.3) is 0 Å². The molecule has 0 spiro atoms. The first-order valence-electron chi connectivity index (χ1n) is 6.65. The number of aryl methyl sites for hydroxylation is 2. The average Bonchev–Trinajstić information content (AvgIpc) is 2.89. The summed E-state index contributed by atoms with van der Waals surface area (Å²) >= 11 is 1.57. The molecule has 5 nitrogen and oxygen atoms in total. The molecule has 0 bridgehead atoms. The number of aromatic nitrogens is 1. The molecule has 6 heteroatoms. The van der Waals surface area contributed by atoms with Crippen LogP contribution in [0, 0.1) is 13.8 Å². The van der Waals surface area contributed by atoms with E-state index in [2.05, 4.69) is 41.3 Å². The Morgan fingerprint density at radius 2 is 2.19 bits per heavy atom. The minimum atomic E-state index is 0.388. The van der Waals surface area contributed by atoms with Gasteiger partial charge in [0.25, 0.3) is 0 Å². The molecule has 0 atom stereocenters. The van der Waals surface area contributed by atoms with Gasteiger partial charge in [-0.05, 0) is 37.1 Å². The van der Waals surface area contributed by atoms with Crippen molar-refractivity contribution in [1.29, 1.82) is 0 Å². The van der Waals surface area contributed by atoms with Gasteiger partial charge in [-0.15, -0.1) is 11.3 Å². The van der Waals surface area contributed by atoms with Crippen LogP contribution in [0.2, 0.25) is 0 Å². The van der Waals surface area contributed by atoms with E-state index in [1.807, 2.05) is 11.4 Å². The fourth-order valence-electron chi connectivity index (χ4n) is 1.78. The molecule has 0 aliphatic heterocycles. The monoisotopic (exact) mass is 304 g/mol. The van der Waals surface area contributed by atoms with Crippen molar-refractivity contribution in [1.82, 2.24) is 4.98 Å². The zero-order valence-electron chi connectivity index (χ0n) is 12.5. The summed E-state index contributed by atoms with van der Waals surface area (Å²) in [6, 6.07) is 6.10. The van der Waals surface area contributed by atoms with Crippen molar-refractivity contribution in [3.63, 3.8) is 0 Å². The van der Waals surface area contributed by atoms with Crippen LogP contribution in [0.15, 0.2) is 28.6 Å². The first-order valence-corrected chi connectivity index (χ1v) is 7.53. The lowest BCUT2D eigenvalue weighted by Gasteiger charge is -2.07. The number of benzene rings is 1. The van der Waals surface area contributed by atoms with Crippen LogP contribution in [0.3, 0.4) is 0 Å². The van der Waals surface area contributed by atoms with Crippen LogP contribution < -0.4 is 11.1 Å². The maximum Gasteiger partial charge on any atom is 0.193 e. The molecule has 0 aliphatic carbocycles. The van der Waals surface area contributed by atoms with Gasteiger partial charge in [0.1, 0.15) is 5.01 Å². The maximum atomic E-state index is 5.90. The van der Waals surface area contributed by atoms with Crippen LogP contribution in [0.1, 0.15) is 21.8 Å². The molecule has 2 rings (SSSR count). The molecule has 112 valence electrons. The van der Waals surface area contributed by atoms with Crippen molar-refractivity contribution in [2.75, 3.05) is 12.4 Å². The van der Waals surface area contributed by atoms with E-state index >= 15 is 0 Å². The fraction of sp³-hybridized carbons (Fsp3) is 0.333. The van der Waals surface area contributed by atoms with Crippen LogP contribution >= 0.6 is 11.3 Å². The highest BCUT2D eigenvalue weighted by atomic mass is 32.1. The van der Waals surface area contributed by atoms with Crippen molar-refractivity contribution >= 4 is 23.0 Å². The Morgan fingerprint density at radius 3 is 2.90 bits per heavy atom. The quantitative estimate of drug-likeness (QED) is 0.658. The van der Waals surface area contributed by atoms with E-state index in [-0.39, 0.29) is 0 Å². The van der Waals surface area contributed by atoms with Gasteiger partial charge in [-0.3, -0.25) is 0 Å². The maximum absolute atomic E-state index is 5.90. The molecule has 3 N–H and O–H groups in total. The third kappa shape index (κ3) is 4.54. The summed E-state index contributed by atoms with van der Waals surface area (Å²) in [6.45, 7) is 5.14. The Morgan fingerprint density at radius 1 is 1.38 bits per heavy atom. The SMILES string of the molecule is COCc1nc(CN=C(N)Nc2ccc(C)c(C)c2)cs1. The van der Waals surface area contributed by atoms with E-state index < -0.39 is 0 Å². The van der Waals surface area contributed by atoms with E-state index in [4.69, 9.17) is 10.5 Å². The first-order chi connectivity index (χ1) is 10.1. The largest absolute Gasteiger partial charge is 0.378 e. The Bertz CT molecular complexity index is 636. The Balaban J connectivity index is 1.95. The number of guanidine groups is 1. The molecular weight excluding hydrogens is 284 g/mol. The standard InChI is InChI=1S/C15H20N4OS/c1-10-4-5-12(6-11(10)2)19-15(16)17-7-13-9-21-14(18-13)8-20-3/h4-6,9H,7-8H2,1-3H3,(H3,16,17,19). The highest BCUT2D eigenvalue weighted by Gasteiger charge is 2.02. The third-order valence-electron chi connectivity index (χ3n) is 3.06. The van der Waals surface area contributed by atoms with Crippen molar-refractivity contribution < 1.29 is 4.74 Å². The number of anilines is 1. The van der Waals surface area contributed by atoms with E-state index in [0.717, 1.165) is 16.4 Å². The van der Waals surface area contributed by atoms with E-state index in [1.165, 1.54) is 11.1 Å². The van der Waals surface area contributed by atoms with Gasteiger partial charge in [0.15, 0.2) is 5.96 Å². The number of nitrogens with two attached hydrogens (primary N) is 1. The molecule has 0 unspecified atom stereocenters. The van der Waals surface area contributed by atoms with E-state index in [0.29, 0.717) is 19.1 Å². The van der Waals surface area contributed by atoms with Crippen molar-refractivity contribution in [2.24, 2.45) is 10.7 Å². The minimum Gasteiger partial charge on any atom is -0.378 e. The predicted octanol–water partition coefficient (Wildman–Crippen LogP) is 2.83. The second kappa shape index (κ2) is 7.19. The summed E-state index contributed by atoms with van der Waals surface area (Å²) in [6.07, 6.45) is 0. The van der Waals surface area contributed by atoms with Crippen molar-refractivity contribution in [3.8, 4) is 0 Å². The van der Waals surface area contributed by atoms with Crippen LogP contribution in [0.5, 0.6) is 0 Å². The minimum absolute atomic E-state index is 0.388. The van der Waals surface area contributed by atoms with Crippen LogP contribution in [0.4, 0.5) is 5.69 Å². The van der Waals surface area contributed by atoms with E-state index in [9.17, 15) is 0 Å². The predicted molar refractivity (Wildman–Crippen MR) is 87.7 cm³/mol. The molecule has 0 radical (unpaired) electrons. The van der Waals surface area contributed by atoms with Gasteiger partial charge in [-0.25, -0.2) is 9.98 Å². The number of methoxy groups -OCH3 is 1. The number of nitrogens with one attached hydrogen (secondary N) is 1. The highest BCUT2D eigenvalue weighted by Crippen LogP contribution is 2.14. The first kappa shape index (κ1) is 15.5. The second-order valence-electron chi connectivity index (χ2n) is 4.79. The number of hydrogen-bond acceptors (Lipinski definition) is 4. The third-order valence-corrected chi connectivity index (χ3v) is 3.93. The lowest BCUT2D eigenvalue weighted by molar-refractivity contribution is 0.184. The fourth-order valence-corrected chi connectivity index (χ4v) is 2.54. The molecule has 1 heterocycles. The molecule has 0 aliphatic rings. The Hall–Kier alpha value is -1.92. The summed E-state index contributed by atoms with van der Waals surface area (Å²) in [7, 11) is 1.66. The molecule has 0 fully saturated rings. The summed E-state index contributed by atoms with van der Waals surface area (Å²) in [5, 5.41) is 6.01. The van der Waals surface area contributed by atoms with Gasteiger partial charge in [0, 0.05) is 18.2 Å². The second-order valence-corrected chi connectivity index (χ2v) is 5.73. The molecule has 0 saturated carbocycles. The molecule has 1 aromatic carbocycles. The number of rotatable bonds is 5. The van der Waals surface area contributed by atoms with Crippen LogP contribution in [-0.2, 0) is 17.9 Å². The topological polar surface area (TPSA) is 72.5 Å². The molecule has 0 saturated heterocycles. The Labute approximate surface area is 128 Å². The number of thiazole rings is 1. The number of aliphatic imine (C=N–C) groups is 1. The smallest absolute Gasteiger partial charge is 0.193 e. The molecular formula is C15H20N4OS. The summed E-state index contributed by atoms with van der Waals surface area (Å²) in [4.78, 5) is 8.71. The van der Waals surface area contributed by atoms with Gasteiger partial charge in [0.2, 0.25) is 0 Å². The zero-order chi connectivity index (χ0) is 15.2. The highest BCUT2D eigenvalue weighted by molar-refractivity contribution is 7.09. The van der Waals surface area contributed by atoms with Gasteiger partial charge in [-0.2, -0.15) is 0 Å². The molecule has 2 aromatic rings. The van der Waals surface area contributed by atoms with Gasteiger partial charge in [-0.1, -0.05) is 6.07 Å². The summed E-state index contributed by atoms with van der Waals surface area (Å²) in [5.41, 5.74) is 10.2. The molecule has 21 heavy (non-hydrogen) atoms. The lowest BCUT2D eigenvalue weighted by Crippen LogP contribution is -2.22. The molecule has 1 aromatic heterocycles. The number of nitrogens with zero attached hydrogens (tertiary/aromatic N) is 2. The van der Waals surface area contributed by atoms with Gasteiger partial charge < -0.3 is 15.8 Å². The van der Waals surface area contributed by atoms with Gasteiger partial charge >= 0.3 is 0 Å². The van der Waals surface area contributed by atoms with E-state index in [1.54, 1.807) is 18.4 Å². The Kier molecular flexibility index (Phi) is 5.30. The van der Waals surface area contributed by atoms with Gasteiger partial charge in [0.05, 0.1) is 18.8 Å². The van der Waals surface area contributed by atoms with Crippen molar-refractivity contribution in [2.45, 2.75) is 27.0 Å². The zero-order valence-corrected chi connectivity index (χ0v) is 13.3. The summed E-state index contributed by atoms with van der Waals surface area (Å²) < 4.78 is 5.04. The molecule has 0 amide bonds. The average molecular weight is 304 g/mol. The normalized spacial score (nSPS) is 11.7.